The minimum absolute atomic E-state index is 0.493. The third-order valence-electron chi connectivity index (χ3n) is 3.16. The predicted octanol–water partition coefficient (Wildman–Crippen LogP) is 4.18. The van der Waals surface area contributed by atoms with Gasteiger partial charge in [-0.15, -0.1) is 0 Å². The molecule has 0 bridgehead atoms. The highest BCUT2D eigenvalue weighted by atomic mass is 16.5. The molecule has 110 valence electrons. The van der Waals surface area contributed by atoms with Crippen molar-refractivity contribution in [2.45, 2.75) is 72.6 Å². The van der Waals surface area contributed by atoms with Crippen molar-refractivity contribution in [2.24, 2.45) is 0 Å². The van der Waals surface area contributed by atoms with Crippen LogP contribution < -0.4 is 5.32 Å². The van der Waals surface area contributed by atoms with Gasteiger partial charge in [-0.25, -0.2) is 0 Å². The van der Waals surface area contributed by atoms with Crippen molar-refractivity contribution in [1.82, 2.24) is 5.32 Å². The average molecular weight is 267 g/mol. The first-order valence-corrected chi connectivity index (χ1v) is 7.52. The first-order valence-electron chi connectivity index (χ1n) is 7.52. The molecule has 0 atom stereocenters. The summed E-state index contributed by atoms with van der Waals surface area (Å²) in [6, 6.07) is 2.60. The maximum Gasteiger partial charge on any atom is 0.130 e. The van der Waals surface area contributed by atoms with E-state index >= 15 is 0 Å². The Morgan fingerprint density at radius 1 is 1.26 bits per heavy atom. The smallest absolute Gasteiger partial charge is 0.130 e. The van der Waals surface area contributed by atoms with E-state index in [-0.39, 0.29) is 0 Å². The second-order valence-electron chi connectivity index (χ2n) is 5.44. The highest BCUT2D eigenvalue weighted by Crippen LogP contribution is 2.15. The lowest BCUT2D eigenvalue weighted by Crippen LogP contribution is -2.21. The Morgan fingerprint density at radius 2 is 2.05 bits per heavy atom. The molecule has 0 amide bonds. The molecule has 0 aliphatic carbocycles. The predicted molar refractivity (Wildman–Crippen MR) is 79.2 cm³/mol. The summed E-state index contributed by atoms with van der Waals surface area (Å²) in [4.78, 5) is 0. The van der Waals surface area contributed by atoms with E-state index in [0.29, 0.717) is 12.6 Å². The molecule has 0 spiro atoms. The van der Waals surface area contributed by atoms with Crippen LogP contribution in [-0.2, 0) is 17.9 Å². The molecule has 0 aliphatic rings. The Balaban J connectivity index is 2.25. The molecule has 1 heterocycles. The molecule has 0 unspecified atom stereocenters. The van der Waals surface area contributed by atoms with E-state index in [9.17, 15) is 0 Å². The summed E-state index contributed by atoms with van der Waals surface area (Å²) in [5.74, 6) is 1.94. The Hall–Kier alpha value is -0.800. The van der Waals surface area contributed by atoms with Gasteiger partial charge in [0.05, 0.1) is 0 Å². The summed E-state index contributed by atoms with van der Waals surface area (Å²) in [5, 5.41) is 3.41. The number of ether oxygens (including phenoxy) is 1. The number of unbranched alkanes of at least 4 members (excludes halogenated alkanes) is 3. The Kier molecular flexibility index (Phi) is 7.84. The van der Waals surface area contributed by atoms with Crippen molar-refractivity contribution in [1.29, 1.82) is 0 Å². The summed E-state index contributed by atoms with van der Waals surface area (Å²) in [5.41, 5.74) is 1.23. The van der Waals surface area contributed by atoms with E-state index in [1.54, 1.807) is 0 Å². The van der Waals surface area contributed by atoms with Crippen molar-refractivity contribution in [3.8, 4) is 0 Å². The largest absolute Gasteiger partial charge is 0.464 e. The summed E-state index contributed by atoms with van der Waals surface area (Å²) >= 11 is 0. The fourth-order valence-corrected chi connectivity index (χ4v) is 1.95. The fraction of sp³-hybridized carbons (Fsp3) is 0.750. The lowest BCUT2D eigenvalue weighted by atomic mass is 10.2. The highest BCUT2D eigenvalue weighted by Gasteiger charge is 2.07. The minimum atomic E-state index is 0.493. The van der Waals surface area contributed by atoms with Gasteiger partial charge in [-0.3, -0.25) is 0 Å². The standard InChI is InChI=1S/C16H29NO2/c1-5-6-7-8-9-18-12-16-10-15(14(4)19-16)11-17-13(2)3/h10,13,17H,5-9,11-12H2,1-4H3. The number of hydrogen-bond acceptors (Lipinski definition) is 3. The normalized spacial score (nSPS) is 11.4. The van der Waals surface area contributed by atoms with Gasteiger partial charge in [-0.1, -0.05) is 40.0 Å². The van der Waals surface area contributed by atoms with Gasteiger partial charge >= 0.3 is 0 Å². The van der Waals surface area contributed by atoms with Crippen molar-refractivity contribution < 1.29 is 9.15 Å². The summed E-state index contributed by atoms with van der Waals surface area (Å²) in [6.45, 7) is 10.8. The molecule has 0 saturated carbocycles. The van der Waals surface area contributed by atoms with E-state index in [1.165, 1.54) is 24.8 Å². The van der Waals surface area contributed by atoms with Crippen molar-refractivity contribution in [3.05, 3.63) is 23.2 Å². The molecule has 0 aliphatic heterocycles. The van der Waals surface area contributed by atoms with Crippen LogP contribution in [0.15, 0.2) is 10.5 Å². The van der Waals surface area contributed by atoms with Gasteiger partial charge in [0.2, 0.25) is 0 Å². The van der Waals surface area contributed by atoms with Crippen LogP contribution in [0.2, 0.25) is 0 Å². The molecular weight excluding hydrogens is 238 g/mol. The molecule has 1 N–H and O–H groups in total. The van der Waals surface area contributed by atoms with Crippen LogP contribution in [0.25, 0.3) is 0 Å². The second kappa shape index (κ2) is 9.16. The van der Waals surface area contributed by atoms with Crippen molar-refractivity contribution in [2.75, 3.05) is 6.61 Å². The van der Waals surface area contributed by atoms with E-state index in [1.807, 2.05) is 6.92 Å². The van der Waals surface area contributed by atoms with E-state index in [4.69, 9.17) is 9.15 Å². The quantitative estimate of drug-likeness (QED) is 0.646. The SMILES string of the molecule is CCCCCCOCc1cc(CNC(C)C)c(C)o1. The number of aryl methyl sites for hydroxylation is 1. The van der Waals surface area contributed by atoms with Crippen LogP contribution in [0.3, 0.4) is 0 Å². The third-order valence-corrected chi connectivity index (χ3v) is 3.16. The number of nitrogens with one attached hydrogen (secondary N) is 1. The van der Waals surface area contributed by atoms with Crippen molar-refractivity contribution in [3.63, 3.8) is 0 Å². The zero-order chi connectivity index (χ0) is 14.1. The van der Waals surface area contributed by atoms with Crippen LogP contribution in [0, 0.1) is 6.92 Å². The van der Waals surface area contributed by atoms with Gasteiger partial charge in [0, 0.05) is 24.8 Å². The Labute approximate surface area is 117 Å². The average Bonchev–Trinajstić information content (AvgIpc) is 2.72. The fourth-order valence-electron chi connectivity index (χ4n) is 1.95. The number of hydrogen-bond donors (Lipinski definition) is 1. The van der Waals surface area contributed by atoms with E-state index < -0.39 is 0 Å². The van der Waals surface area contributed by atoms with Crippen LogP contribution in [0.5, 0.6) is 0 Å². The zero-order valence-electron chi connectivity index (χ0n) is 12.9. The van der Waals surface area contributed by atoms with Crippen LogP contribution in [0.4, 0.5) is 0 Å². The van der Waals surface area contributed by atoms with Crippen LogP contribution in [0.1, 0.15) is 63.5 Å². The Bertz CT molecular complexity index is 345. The number of furan rings is 1. The zero-order valence-corrected chi connectivity index (χ0v) is 12.9. The molecule has 0 saturated heterocycles. The molecule has 1 rings (SSSR count). The minimum Gasteiger partial charge on any atom is -0.464 e. The summed E-state index contributed by atoms with van der Waals surface area (Å²) < 4.78 is 11.4. The van der Waals surface area contributed by atoms with Gasteiger partial charge in [0.15, 0.2) is 0 Å². The third kappa shape index (κ3) is 6.79. The molecule has 1 aromatic rings. The molecule has 0 radical (unpaired) electrons. The van der Waals surface area contributed by atoms with Gasteiger partial charge < -0.3 is 14.5 Å². The van der Waals surface area contributed by atoms with Gasteiger partial charge in [-0.2, -0.15) is 0 Å². The molecule has 19 heavy (non-hydrogen) atoms. The highest BCUT2D eigenvalue weighted by molar-refractivity contribution is 5.20. The molecule has 3 nitrogen and oxygen atoms in total. The van der Waals surface area contributed by atoms with Crippen LogP contribution in [-0.4, -0.2) is 12.6 Å². The molecular formula is C16H29NO2. The van der Waals surface area contributed by atoms with Crippen molar-refractivity contribution >= 4 is 0 Å². The molecule has 0 aromatic carbocycles. The van der Waals surface area contributed by atoms with Gasteiger partial charge in [0.25, 0.3) is 0 Å². The monoisotopic (exact) mass is 267 g/mol. The lowest BCUT2D eigenvalue weighted by molar-refractivity contribution is 0.102. The second-order valence-corrected chi connectivity index (χ2v) is 5.44. The van der Waals surface area contributed by atoms with Gasteiger partial charge in [0.1, 0.15) is 18.1 Å². The lowest BCUT2D eigenvalue weighted by Gasteiger charge is -2.06. The maximum absolute atomic E-state index is 5.71. The van der Waals surface area contributed by atoms with Crippen LogP contribution >= 0.6 is 0 Å². The van der Waals surface area contributed by atoms with E-state index in [0.717, 1.165) is 31.1 Å². The maximum atomic E-state index is 5.71. The molecule has 0 fully saturated rings. The van der Waals surface area contributed by atoms with Gasteiger partial charge in [-0.05, 0) is 19.4 Å². The Morgan fingerprint density at radius 3 is 2.74 bits per heavy atom. The first-order chi connectivity index (χ1) is 9.13. The molecule has 3 heteroatoms. The summed E-state index contributed by atoms with van der Waals surface area (Å²) in [7, 11) is 0. The first kappa shape index (κ1) is 16.3. The molecule has 1 aromatic heterocycles. The topological polar surface area (TPSA) is 34.4 Å². The summed E-state index contributed by atoms with van der Waals surface area (Å²) in [6.07, 6.45) is 4.98. The number of rotatable bonds is 10. The van der Waals surface area contributed by atoms with E-state index in [2.05, 4.69) is 32.2 Å².